The first kappa shape index (κ1) is 14.8. The number of rotatable bonds is 2. The molecule has 1 saturated heterocycles. The standard InChI is InChI=1S/C15H17ClN2O2S/c16-14-4-2-13-11-15(5-3-12(13)10-14)21(19,20)18-8-1-6-17-7-9-18/h2-5,10-11,17H,1,6-9H2. The molecule has 6 heteroatoms. The van der Waals surface area contributed by atoms with Gasteiger partial charge in [0.05, 0.1) is 4.90 Å². The van der Waals surface area contributed by atoms with Gasteiger partial charge < -0.3 is 5.32 Å². The molecular weight excluding hydrogens is 308 g/mol. The molecule has 0 radical (unpaired) electrons. The van der Waals surface area contributed by atoms with Gasteiger partial charge in [0, 0.05) is 24.7 Å². The van der Waals surface area contributed by atoms with Gasteiger partial charge >= 0.3 is 0 Å². The van der Waals surface area contributed by atoms with E-state index in [4.69, 9.17) is 11.6 Å². The van der Waals surface area contributed by atoms with Crippen LogP contribution in [0.25, 0.3) is 10.8 Å². The molecule has 1 fully saturated rings. The van der Waals surface area contributed by atoms with Gasteiger partial charge in [-0.05, 0) is 48.0 Å². The Morgan fingerprint density at radius 1 is 1.00 bits per heavy atom. The van der Waals surface area contributed by atoms with Gasteiger partial charge in [0.15, 0.2) is 0 Å². The third kappa shape index (κ3) is 3.06. The third-order valence-electron chi connectivity index (χ3n) is 3.71. The largest absolute Gasteiger partial charge is 0.315 e. The molecule has 112 valence electrons. The highest BCUT2D eigenvalue weighted by atomic mass is 35.5. The Balaban J connectivity index is 1.99. The predicted molar refractivity (Wildman–Crippen MR) is 85.2 cm³/mol. The van der Waals surface area contributed by atoms with Gasteiger partial charge in [-0.1, -0.05) is 23.7 Å². The van der Waals surface area contributed by atoms with Crippen LogP contribution in [0, 0.1) is 0 Å². The van der Waals surface area contributed by atoms with E-state index in [-0.39, 0.29) is 0 Å². The van der Waals surface area contributed by atoms with Gasteiger partial charge in [-0.3, -0.25) is 0 Å². The SMILES string of the molecule is O=S(=O)(c1ccc2cc(Cl)ccc2c1)N1CCCNCC1. The zero-order valence-electron chi connectivity index (χ0n) is 11.5. The number of nitrogens with zero attached hydrogens (tertiary/aromatic N) is 1. The van der Waals surface area contributed by atoms with Crippen molar-refractivity contribution in [2.75, 3.05) is 26.2 Å². The quantitative estimate of drug-likeness (QED) is 0.923. The molecule has 0 aromatic heterocycles. The van der Waals surface area contributed by atoms with E-state index in [1.54, 1.807) is 22.5 Å². The summed E-state index contributed by atoms with van der Waals surface area (Å²) in [6.07, 6.45) is 0.836. The Morgan fingerprint density at radius 3 is 2.62 bits per heavy atom. The molecule has 0 spiro atoms. The van der Waals surface area contributed by atoms with E-state index < -0.39 is 10.0 Å². The van der Waals surface area contributed by atoms with Crippen molar-refractivity contribution in [1.82, 2.24) is 9.62 Å². The fourth-order valence-corrected chi connectivity index (χ4v) is 4.26. The van der Waals surface area contributed by atoms with Gasteiger partial charge in [-0.2, -0.15) is 4.31 Å². The van der Waals surface area contributed by atoms with Crippen LogP contribution in [0.2, 0.25) is 5.02 Å². The fraction of sp³-hybridized carbons (Fsp3) is 0.333. The summed E-state index contributed by atoms with van der Waals surface area (Å²) >= 11 is 5.95. The lowest BCUT2D eigenvalue weighted by molar-refractivity contribution is 0.432. The Labute approximate surface area is 129 Å². The number of sulfonamides is 1. The maximum Gasteiger partial charge on any atom is 0.243 e. The lowest BCUT2D eigenvalue weighted by atomic mass is 10.1. The van der Waals surface area contributed by atoms with Crippen molar-refractivity contribution in [2.24, 2.45) is 0 Å². The van der Waals surface area contributed by atoms with Crippen molar-refractivity contribution in [3.63, 3.8) is 0 Å². The summed E-state index contributed by atoms with van der Waals surface area (Å²) in [4.78, 5) is 0.347. The van der Waals surface area contributed by atoms with E-state index in [1.807, 2.05) is 18.2 Å². The average Bonchev–Trinajstić information content (AvgIpc) is 2.76. The van der Waals surface area contributed by atoms with Crippen molar-refractivity contribution in [1.29, 1.82) is 0 Å². The molecule has 1 aliphatic rings. The number of hydrogen-bond donors (Lipinski definition) is 1. The second kappa shape index (κ2) is 5.93. The van der Waals surface area contributed by atoms with Crippen molar-refractivity contribution in [3.8, 4) is 0 Å². The van der Waals surface area contributed by atoms with Crippen LogP contribution < -0.4 is 5.32 Å². The highest BCUT2D eigenvalue weighted by Gasteiger charge is 2.25. The molecule has 1 N–H and O–H groups in total. The van der Waals surface area contributed by atoms with Crippen molar-refractivity contribution in [3.05, 3.63) is 41.4 Å². The van der Waals surface area contributed by atoms with Crippen LogP contribution in [-0.2, 0) is 10.0 Å². The van der Waals surface area contributed by atoms with E-state index in [9.17, 15) is 8.42 Å². The van der Waals surface area contributed by atoms with Crippen LogP contribution in [0.1, 0.15) is 6.42 Å². The highest BCUT2D eigenvalue weighted by Crippen LogP contribution is 2.24. The zero-order chi connectivity index (χ0) is 14.9. The zero-order valence-corrected chi connectivity index (χ0v) is 13.1. The van der Waals surface area contributed by atoms with Crippen LogP contribution in [0.5, 0.6) is 0 Å². The lowest BCUT2D eigenvalue weighted by Crippen LogP contribution is -2.34. The first-order valence-electron chi connectivity index (χ1n) is 6.97. The summed E-state index contributed by atoms with van der Waals surface area (Å²) in [6, 6.07) is 10.6. The number of halogens is 1. The van der Waals surface area contributed by atoms with Crippen molar-refractivity contribution < 1.29 is 8.42 Å². The minimum atomic E-state index is -3.43. The molecule has 0 amide bonds. The Kier molecular flexibility index (Phi) is 4.17. The maximum atomic E-state index is 12.7. The van der Waals surface area contributed by atoms with E-state index in [2.05, 4.69) is 5.32 Å². The van der Waals surface area contributed by atoms with Crippen LogP contribution in [0.4, 0.5) is 0 Å². The van der Waals surface area contributed by atoms with Gasteiger partial charge in [-0.25, -0.2) is 8.42 Å². The molecule has 1 aliphatic heterocycles. The van der Waals surface area contributed by atoms with E-state index in [1.165, 1.54) is 0 Å². The summed E-state index contributed by atoms with van der Waals surface area (Å²) in [7, 11) is -3.43. The molecule has 1 heterocycles. The molecule has 0 saturated carbocycles. The molecule has 4 nitrogen and oxygen atoms in total. The first-order chi connectivity index (χ1) is 10.1. The number of nitrogens with one attached hydrogen (secondary N) is 1. The summed E-state index contributed by atoms with van der Waals surface area (Å²) in [6.45, 7) is 2.64. The smallest absolute Gasteiger partial charge is 0.243 e. The Morgan fingerprint density at radius 2 is 1.76 bits per heavy atom. The van der Waals surface area contributed by atoms with Gasteiger partial charge in [0.2, 0.25) is 10.0 Å². The van der Waals surface area contributed by atoms with E-state index in [0.717, 1.165) is 23.7 Å². The molecule has 0 unspecified atom stereocenters. The summed E-state index contributed by atoms with van der Waals surface area (Å²) in [5, 5.41) is 5.69. The van der Waals surface area contributed by atoms with Crippen LogP contribution in [0.3, 0.4) is 0 Å². The molecule has 0 bridgehead atoms. The average molecular weight is 325 g/mol. The minimum Gasteiger partial charge on any atom is -0.315 e. The number of fused-ring (bicyclic) bond motifs is 1. The number of hydrogen-bond acceptors (Lipinski definition) is 3. The molecular formula is C15H17ClN2O2S. The van der Waals surface area contributed by atoms with Gasteiger partial charge in [0.25, 0.3) is 0 Å². The Bertz CT molecular complexity index is 753. The second-order valence-corrected chi connectivity index (χ2v) is 7.54. The minimum absolute atomic E-state index is 0.347. The molecule has 3 rings (SSSR count). The van der Waals surface area contributed by atoms with Crippen LogP contribution in [0.15, 0.2) is 41.3 Å². The summed E-state index contributed by atoms with van der Waals surface area (Å²) in [5.74, 6) is 0. The normalized spacial score (nSPS) is 17.8. The lowest BCUT2D eigenvalue weighted by Gasteiger charge is -2.19. The predicted octanol–water partition coefficient (Wildman–Crippen LogP) is 2.48. The topological polar surface area (TPSA) is 49.4 Å². The van der Waals surface area contributed by atoms with Gasteiger partial charge in [0.1, 0.15) is 0 Å². The van der Waals surface area contributed by atoms with Crippen molar-refractivity contribution >= 4 is 32.4 Å². The molecule has 2 aromatic carbocycles. The summed E-state index contributed by atoms with van der Waals surface area (Å²) < 4.78 is 27.0. The van der Waals surface area contributed by atoms with Crippen LogP contribution >= 0.6 is 11.6 Å². The van der Waals surface area contributed by atoms with Gasteiger partial charge in [-0.15, -0.1) is 0 Å². The highest BCUT2D eigenvalue weighted by molar-refractivity contribution is 7.89. The molecule has 0 aliphatic carbocycles. The molecule has 0 atom stereocenters. The van der Waals surface area contributed by atoms with E-state index >= 15 is 0 Å². The summed E-state index contributed by atoms with van der Waals surface area (Å²) in [5.41, 5.74) is 0. The van der Waals surface area contributed by atoms with Crippen molar-refractivity contribution in [2.45, 2.75) is 11.3 Å². The van der Waals surface area contributed by atoms with E-state index in [0.29, 0.717) is 29.6 Å². The first-order valence-corrected chi connectivity index (χ1v) is 8.79. The van der Waals surface area contributed by atoms with Crippen LogP contribution in [-0.4, -0.2) is 38.9 Å². The fourth-order valence-electron chi connectivity index (χ4n) is 2.57. The number of benzene rings is 2. The molecule has 21 heavy (non-hydrogen) atoms. The second-order valence-electron chi connectivity index (χ2n) is 5.16. The monoisotopic (exact) mass is 324 g/mol. The molecule has 2 aromatic rings. The Hall–Kier alpha value is -1.14. The maximum absolute atomic E-state index is 12.7. The third-order valence-corrected chi connectivity index (χ3v) is 5.84.